The van der Waals surface area contributed by atoms with E-state index in [1.54, 1.807) is 13.0 Å². The summed E-state index contributed by atoms with van der Waals surface area (Å²) in [6, 6.07) is 10.8. The summed E-state index contributed by atoms with van der Waals surface area (Å²) in [5.41, 5.74) is 6.14. The molecule has 2 aromatic rings. The molecule has 0 aliphatic heterocycles. The van der Waals surface area contributed by atoms with Gasteiger partial charge < -0.3 is 10.5 Å². The van der Waals surface area contributed by atoms with Crippen LogP contribution in [0, 0.1) is 17.0 Å². The lowest BCUT2D eigenvalue weighted by atomic mass is 10.2. The molecule has 20 heavy (non-hydrogen) atoms. The van der Waals surface area contributed by atoms with Gasteiger partial charge in [-0.2, -0.15) is 0 Å². The Balaban J connectivity index is 2.30. The molecular weight excluding hydrogens is 260 g/mol. The third-order valence-electron chi connectivity index (χ3n) is 2.68. The number of aryl methyl sites for hydroxylation is 1. The second-order valence-electron chi connectivity index (χ2n) is 4.22. The van der Waals surface area contributed by atoms with E-state index in [0.29, 0.717) is 11.3 Å². The highest BCUT2D eigenvalue weighted by Gasteiger charge is 2.15. The van der Waals surface area contributed by atoms with E-state index in [1.807, 2.05) is 0 Å². The number of nitro benzene ring substituents is 1. The van der Waals surface area contributed by atoms with Gasteiger partial charge in [0.15, 0.2) is 0 Å². The predicted molar refractivity (Wildman–Crippen MR) is 72.9 cm³/mol. The number of hydrogen-bond donors (Lipinski definition) is 1. The molecule has 2 N–H and O–H groups in total. The highest BCUT2D eigenvalue weighted by molar-refractivity contribution is 5.92. The summed E-state index contributed by atoms with van der Waals surface area (Å²) in [6.07, 6.45) is 0. The van der Waals surface area contributed by atoms with Crippen LogP contribution in [0.3, 0.4) is 0 Å². The molecule has 102 valence electrons. The number of primary amides is 1. The van der Waals surface area contributed by atoms with Crippen LogP contribution in [0.4, 0.5) is 5.69 Å². The molecule has 0 spiro atoms. The number of nitrogens with zero attached hydrogens (tertiary/aromatic N) is 1. The summed E-state index contributed by atoms with van der Waals surface area (Å²) >= 11 is 0. The zero-order valence-corrected chi connectivity index (χ0v) is 10.7. The van der Waals surface area contributed by atoms with Gasteiger partial charge in [-0.25, -0.2) is 0 Å². The van der Waals surface area contributed by atoms with Gasteiger partial charge in [-0.15, -0.1) is 0 Å². The second-order valence-corrected chi connectivity index (χ2v) is 4.22. The highest BCUT2D eigenvalue weighted by Crippen LogP contribution is 2.32. The third kappa shape index (κ3) is 2.92. The van der Waals surface area contributed by atoms with Crippen LogP contribution in [0.25, 0.3) is 0 Å². The summed E-state index contributed by atoms with van der Waals surface area (Å²) in [6.45, 7) is 1.76. The Labute approximate surface area is 114 Å². The topological polar surface area (TPSA) is 95.5 Å². The number of rotatable bonds is 4. The van der Waals surface area contributed by atoms with Crippen molar-refractivity contribution in [2.24, 2.45) is 5.73 Å². The zero-order valence-electron chi connectivity index (χ0n) is 10.7. The standard InChI is InChI=1S/C14H12N2O4/c1-9-2-7-13(12(8-9)16(18)19)20-11-5-3-10(4-6-11)14(15)17/h2-8H,1H3,(H2,15,17). The van der Waals surface area contributed by atoms with E-state index >= 15 is 0 Å². The molecule has 0 saturated carbocycles. The Kier molecular flexibility index (Phi) is 3.65. The van der Waals surface area contributed by atoms with Crippen LogP contribution in [0.5, 0.6) is 11.5 Å². The van der Waals surface area contributed by atoms with Crippen LogP contribution in [0.1, 0.15) is 15.9 Å². The first-order valence-corrected chi connectivity index (χ1v) is 5.80. The molecular formula is C14H12N2O4. The van der Waals surface area contributed by atoms with Gasteiger partial charge in [-0.1, -0.05) is 6.07 Å². The average Bonchev–Trinajstić information content (AvgIpc) is 2.41. The second kappa shape index (κ2) is 5.40. The molecule has 0 fully saturated rings. The van der Waals surface area contributed by atoms with Gasteiger partial charge >= 0.3 is 5.69 Å². The minimum Gasteiger partial charge on any atom is -0.450 e. The first-order chi connectivity index (χ1) is 9.47. The lowest BCUT2D eigenvalue weighted by Crippen LogP contribution is -2.10. The molecule has 1 amide bonds. The maximum absolute atomic E-state index is 11.0. The minimum absolute atomic E-state index is 0.107. The lowest BCUT2D eigenvalue weighted by Gasteiger charge is -2.07. The van der Waals surface area contributed by atoms with Gasteiger partial charge in [0.05, 0.1) is 4.92 Å². The number of carbonyl (C=O) groups is 1. The molecule has 6 nitrogen and oxygen atoms in total. The largest absolute Gasteiger partial charge is 0.450 e. The van der Waals surface area contributed by atoms with Crippen molar-refractivity contribution < 1.29 is 14.5 Å². The molecule has 0 aliphatic rings. The Morgan fingerprint density at radius 1 is 1.20 bits per heavy atom. The van der Waals surface area contributed by atoms with E-state index in [9.17, 15) is 14.9 Å². The van der Waals surface area contributed by atoms with Crippen molar-refractivity contribution in [1.82, 2.24) is 0 Å². The number of nitrogens with two attached hydrogens (primary N) is 1. The van der Waals surface area contributed by atoms with E-state index in [-0.39, 0.29) is 11.4 Å². The van der Waals surface area contributed by atoms with Crippen LogP contribution < -0.4 is 10.5 Å². The molecule has 6 heteroatoms. The molecule has 0 saturated heterocycles. The fraction of sp³-hybridized carbons (Fsp3) is 0.0714. The molecule has 0 aliphatic carbocycles. The maximum atomic E-state index is 11.0. The predicted octanol–water partition coefficient (Wildman–Crippen LogP) is 2.79. The summed E-state index contributed by atoms with van der Waals surface area (Å²) in [7, 11) is 0. The number of carbonyl (C=O) groups excluding carboxylic acids is 1. The number of hydrogen-bond acceptors (Lipinski definition) is 4. The summed E-state index contributed by atoms with van der Waals surface area (Å²) in [5, 5.41) is 11.0. The Morgan fingerprint density at radius 3 is 2.40 bits per heavy atom. The van der Waals surface area contributed by atoms with Crippen molar-refractivity contribution in [1.29, 1.82) is 0 Å². The average molecular weight is 272 g/mol. The molecule has 0 unspecified atom stereocenters. The third-order valence-corrected chi connectivity index (χ3v) is 2.68. The lowest BCUT2D eigenvalue weighted by molar-refractivity contribution is -0.385. The SMILES string of the molecule is Cc1ccc(Oc2ccc(C(N)=O)cc2)c([N+](=O)[O-])c1. The normalized spacial score (nSPS) is 10.1. The van der Waals surface area contributed by atoms with Crippen molar-refractivity contribution in [3.05, 3.63) is 63.7 Å². The van der Waals surface area contributed by atoms with Crippen molar-refractivity contribution in [2.45, 2.75) is 6.92 Å². The number of nitro groups is 1. The van der Waals surface area contributed by atoms with E-state index in [4.69, 9.17) is 10.5 Å². The Morgan fingerprint density at radius 2 is 1.85 bits per heavy atom. The molecule has 0 heterocycles. The van der Waals surface area contributed by atoms with E-state index in [0.717, 1.165) is 5.56 Å². The van der Waals surface area contributed by atoms with Crippen LogP contribution in [0.2, 0.25) is 0 Å². The van der Waals surface area contributed by atoms with Gasteiger partial charge in [0.1, 0.15) is 5.75 Å². The first-order valence-electron chi connectivity index (χ1n) is 5.80. The van der Waals surface area contributed by atoms with Gasteiger partial charge in [-0.05, 0) is 42.8 Å². The van der Waals surface area contributed by atoms with Gasteiger partial charge in [-0.3, -0.25) is 14.9 Å². The molecule has 2 rings (SSSR count). The number of ether oxygens (including phenoxy) is 1. The monoisotopic (exact) mass is 272 g/mol. The highest BCUT2D eigenvalue weighted by atomic mass is 16.6. The van der Waals surface area contributed by atoms with Crippen LogP contribution >= 0.6 is 0 Å². The Bertz CT molecular complexity index is 665. The summed E-state index contributed by atoms with van der Waals surface area (Å²) < 4.78 is 5.47. The smallest absolute Gasteiger partial charge is 0.311 e. The fourth-order valence-corrected chi connectivity index (χ4v) is 1.67. The molecule has 2 aromatic carbocycles. The number of amides is 1. The van der Waals surface area contributed by atoms with E-state index < -0.39 is 10.8 Å². The van der Waals surface area contributed by atoms with E-state index in [1.165, 1.54) is 36.4 Å². The van der Waals surface area contributed by atoms with Crippen LogP contribution in [0.15, 0.2) is 42.5 Å². The van der Waals surface area contributed by atoms with Gasteiger partial charge in [0.25, 0.3) is 0 Å². The summed E-state index contributed by atoms with van der Waals surface area (Å²) in [5.74, 6) is -0.00718. The maximum Gasteiger partial charge on any atom is 0.311 e. The van der Waals surface area contributed by atoms with Crippen LogP contribution in [-0.4, -0.2) is 10.8 Å². The zero-order chi connectivity index (χ0) is 14.7. The molecule has 0 aromatic heterocycles. The molecule has 0 radical (unpaired) electrons. The van der Waals surface area contributed by atoms with Gasteiger partial charge in [0.2, 0.25) is 11.7 Å². The summed E-state index contributed by atoms with van der Waals surface area (Å²) in [4.78, 5) is 21.4. The van der Waals surface area contributed by atoms with Gasteiger partial charge in [0, 0.05) is 11.6 Å². The Hall–Kier alpha value is -2.89. The number of benzene rings is 2. The fourth-order valence-electron chi connectivity index (χ4n) is 1.67. The van der Waals surface area contributed by atoms with E-state index in [2.05, 4.69) is 0 Å². The minimum atomic E-state index is -0.544. The van der Waals surface area contributed by atoms with Crippen molar-refractivity contribution >= 4 is 11.6 Å². The molecule has 0 atom stereocenters. The first kappa shape index (κ1) is 13.5. The van der Waals surface area contributed by atoms with Crippen molar-refractivity contribution in [3.8, 4) is 11.5 Å². The van der Waals surface area contributed by atoms with Crippen molar-refractivity contribution in [3.63, 3.8) is 0 Å². The van der Waals surface area contributed by atoms with Crippen molar-refractivity contribution in [2.75, 3.05) is 0 Å². The van der Waals surface area contributed by atoms with Crippen LogP contribution in [-0.2, 0) is 0 Å². The quantitative estimate of drug-likeness (QED) is 0.683. The molecule has 0 bridgehead atoms.